The van der Waals surface area contributed by atoms with Gasteiger partial charge in [0.25, 0.3) is 6.43 Å². The van der Waals surface area contributed by atoms with E-state index in [1.807, 2.05) is 0 Å². The topological polar surface area (TPSA) is 29.3 Å². The van der Waals surface area contributed by atoms with Crippen molar-refractivity contribution in [1.29, 1.82) is 0 Å². The predicted octanol–water partition coefficient (Wildman–Crippen LogP) is 1.25. The molecule has 0 radical (unpaired) electrons. The number of nitrogens with two attached hydrogens (primary N) is 1. The van der Waals surface area contributed by atoms with Gasteiger partial charge in [0.1, 0.15) is 0 Å². The van der Waals surface area contributed by atoms with E-state index in [9.17, 15) is 8.78 Å². The average Bonchev–Trinajstić information content (AvgIpc) is 1.84. The third-order valence-electron chi connectivity index (χ3n) is 1.41. The monoisotopic (exact) mass is 196 g/mol. The molecular weight excluding hydrogens is 182 g/mol. The second-order valence-corrected chi connectivity index (χ2v) is 3.25. The zero-order valence-corrected chi connectivity index (χ0v) is 7.91. The highest BCUT2D eigenvalue weighted by atomic mass is 32.1. The number of halogens is 2. The van der Waals surface area contributed by atoms with Crippen molar-refractivity contribution in [1.82, 2.24) is 4.90 Å². The molecule has 5 heteroatoms. The summed E-state index contributed by atoms with van der Waals surface area (Å²) in [6.45, 7) is 0.430. The first-order valence-electron chi connectivity index (χ1n) is 3.77. The van der Waals surface area contributed by atoms with Gasteiger partial charge < -0.3 is 10.6 Å². The maximum Gasteiger partial charge on any atom is 0.251 e. The molecule has 0 bridgehead atoms. The Morgan fingerprint density at radius 1 is 1.58 bits per heavy atom. The number of nitrogens with zero attached hydrogens (tertiary/aromatic N) is 1. The summed E-state index contributed by atoms with van der Waals surface area (Å²) < 4.78 is 23.6. The van der Waals surface area contributed by atoms with Crippen molar-refractivity contribution in [3.8, 4) is 0 Å². The molecule has 2 N–H and O–H groups in total. The predicted molar refractivity (Wildman–Crippen MR) is 49.5 cm³/mol. The zero-order valence-electron chi connectivity index (χ0n) is 7.09. The Balaban J connectivity index is 3.31. The number of hydrogen-bond donors (Lipinski definition) is 1. The summed E-state index contributed by atoms with van der Waals surface area (Å²) in [6, 6.07) is 0. The number of rotatable bonds is 6. The van der Waals surface area contributed by atoms with Gasteiger partial charge in [0.05, 0.1) is 11.5 Å². The molecule has 72 valence electrons. The van der Waals surface area contributed by atoms with Gasteiger partial charge in [-0.05, 0) is 26.4 Å². The maximum atomic E-state index is 11.8. The van der Waals surface area contributed by atoms with E-state index in [4.69, 9.17) is 5.73 Å². The van der Waals surface area contributed by atoms with Gasteiger partial charge >= 0.3 is 0 Å². The molecule has 0 aromatic rings. The van der Waals surface area contributed by atoms with Crippen LogP contribution >= 0.6 is 12.2 Å². The Bertz CT molecular complexity index is 141. The van der Waals surface area contributed by atoms with E-state index in [1.54, 1.807) is 11.9 Å². The fourth-order valence-electron chi connectivity index (χ4n) is 0.850. The lowest BCUT2D eigenvalue weighted by atomic mass is 10.3. The average molecular weight is 196 g/mol. The van der Waals surface area contributed by atoms with Gasteiger partial charge in [-0.3, -0.25) is 0 Å². The van der Waals surface area contributed by atoms with Crippen molar-refractivity contribution in [2.24, 2.45) is 5.73 Å². The van der Waals surface area contributed by atoms with Gasteiger partial charge in [0, 0.05) is 0 Å². The second kappa shape index (κ2) is 6.25. The van der Waals surface area contributed by atoms with E-state index in [1.165, 1.54) is 0 Å². The molecule has 0 heterocycles. The molecule has 0 atom stereocenters. The third kappa shape index (κ3) is 7.81. The van der Waals surface area contributed by atoms with Crippen molar-refractivity contribution >= 4 is 17.2 Å². The highest BCUT2D eigenvalue weighted by Gasteiger charge is 2.06. The molecule has 0 aliphatic carbocycles. The van der Waals surface area contributed by atoms with Gasteiger partial charge in [0.2, 0.25) is 0 Å². The molecule has 2 nitrogen and oxygen atoms in total. The standard InChI is InChI=1S/C7H14F2N2S/c1-11(5-6(8)9)4-2-3-7(10)12/h6H,2-5H2,1H3,(H2,10,12). The van der Waals surface area contributed by atoms with Crippen LogP contribution in [0.2, 0.25) is 0 Å². The minimum Gasteiger partial charge on any atom is -0.393 e. The third-order valence-corrected chi connectivity index (χ3v) is 1.62. The van der Waals surface area contributed by atoms with Crippen LogP contribution in [0.15, 0.2) is 0 Å². The molecular formula is C7H14F2N2S. The molecule has 0 spiro atoms. The van der Waals surface area contributed by atoms with Gasteiger partial charge in [-0.15, -0.1) is 0 Å². The fourth-order valence-corrected chi connectivity index (χ4v) is 0.994. The van der Waals surface area contributed by atoms with Gasteiger partial charge in [-0.1, -0.05) is 12.2 Å². The van der Waals surface area contributed by atoms with Crippen molar-refractivity contribution in [3.05, 3.63) is 0 Å². The Morgan fingerprint density at radius 3 is 2.58 bits per heavy atom. The van der Waals surface area contributed by atoms with Crippen molar-refractivity contribution in [2.75, 3.05) is 20.1 Å². The summed E-state index contributed by atoms with van der Waals surface area (Å²) in [5.74, 6) is 0. The molecule has 0 saturated carbocycles. The normalized spacial score (nSPS) is 11.1. The Kier molecular flexibility index (Phi) is 6.10. The molecule has 0 unspecified atom stereocenters. The van der Waals surface area contributed by atoms with E-state index in [2.05, 4.69) is 12.2 Å². The molecule has 0 aliphatic heterocycles. The molecule has 0 aromatic heterocycles. The number of thiocarbonyl (C=S) groups is 1. The minimum atomic E-state index is -2.26. The summed E-state index contributed by atoms with van der Waals surface area (Å²) in [6.07, 6.45) is -0.888. The van der Waals surface area contributed by atoms with Gasteiger partial charge in [0.15, 0.2) is 0 Å². The zero-order chi connectivity index (χ0) is 9.56. The highest BCUT2D eigenvalue weighted by molar-refractivity contribution is 7.80. The number of alkyl halides is 2. The largest absolute Gasteiger partial charge is 0.393 e. The summed E-state index contributed by atoms with van der Waals surface area (Å²) in [5, 5.41) is 0. The lowest BCUT2D eigenvalue weighted by Gasteiger charge is -2.14. The van der Waals surface area contributed by atoms with Crippen LogP contribution in [-0.2, 0) is 0 Å². The van der Waals surface area contributed by atoms with Gasteiger partial charge in [-0.25, -0.2) is 8.78 Å². The van der Waals surface area contributed by atoms with Crippen LogP contribution in [0.5, 0.6) is 0 Å². The summed E-state index contributed by atoms with van der Waals surface area (Å²) in [4.78, 5) is 2.02. The molecule has 0 aromatic carbocycles. The first-order chi connectivity index (χ1) is 5.52. The van der Waals surface area contributed by atoms with E-state index >= 15 is 0 Å². The minimum absolute atomic E-state index is 0.183. The highest BCUT2D eigenvalue weighted by Crippen LogP contribution is 1.98. The first-order valence-corrected chi connectivity index (χ1v) is 4.18. The lowest BCUT2D eigenvalue weighted by molar-refractivity contribution is 0.100. The van der Waals surface area contributed by atoms with Crippen LogP contribution in [0, 0.1) is 0 Å². The summed E-state index contributed by atoms with van der Waals surface area (Å²) in [7, 11) is 1.66. The maximum absolute atomic E-state index is 11.8. The SMILES string of the molecule is CN(CCCC(N)=S)CC(F)F. The van der Waals surface area contributed by atoms with Crippen LogP contribution < -0.4 is 5.73 Å². The van der Waals surface area contributed by atoms with Crippen LogP contribution in [-0.4, -0.2) is 36.5 Å². The lowest BCUT2D eigenvalue weighted by Crippen LogP contribution is -2.26. The van der Waals surface area contributed by atoms with E-state index in [0.29, 0.717) is 18.0 Å². The van der Waals surface area contributed by atoms with Crippen LogP contribution in [0.25, 0.3) is 0 Å². The van der Waals surface area contributed by atoms with E-state index in [-0.39, 0.29) is 6.54 Å². The van der Waals surface area contributed by atoms with Crippen molar-refractivity contribution in [3.63, 3.8) is 0 Å². The Hall–Kier alpha value is -0.290. The van der Waals surface area contributed by atoms with Crippen molar-refractivity contribution in [2.45, 2.75) is 19.3 Å². The fraction of sp³-hybridized carbons (Fsp3) is 0.857. The molecule has 0 amide bonds. The van der Waals surface area contributed by atoms with E-state index < -0.39 is 6.43 Å². The Morgan fingerprint density at radius 2 is 2.17 bits per heavy atom. The van der Waals surface area contributed by atoms with Crippen molar-refractivity contribution < 1.29 is 8.78 Å². The molecule has 0 rings (SSSR count). The van der Waals surface area contributed by atoms with E-state index in [0.717, 1.165) is 6.42 Å². The molecule has 0 aliphatic rings. The Labute approximate surface area is 76.7 Å². The quantitative estimate of drug-likeness (QED) is 0.648. The van der Waals surface area contributed by atoms with Crippen LogP contribution in [0.3, 0.4) is 0 Å². The second-order valence-electron chi connectivity index (χ2n) is 2.72. The molecule has 0 fully saturated rings. The number of hydrogen-bond acceptors (Lipinski definition) is 2. The summed E-state index contributed by atoms with van der Waals surface area (Å²) in [5.41, 5.74) is 5.24. The summed E-state index contributed by atoms with van der Waals surface area (Å²) >= 11 is 4.65. The van der Waals surface area contributed by atoms with Gasteiger partial charge in [-0.2, -0.15) is 0 Å². The first kappa shape index (κ1) is 11.7. The molecule has 0 saturated heterocycles. The van der Waals surface area contributed by atoms with Crippen LogP contribution in [0.4, 0.5) is 8.78 Å². The smallest absolute Gasteiger partial charge is 0.251 e. The van der Waals surface area contributed by atoms with Crippen LogP contribution in [0.1, 0.15) is 12.8 Å². The molecule has 12 heavy (non-hydrogen) atoms.